The zero-order chi connectivity index (χ0) is 10.4. The van der Waals surface area contributed by atoms with E-state index in [-0.39, 0.29) is 6.61 Å². The molecule has 1 heterocycles. The quantitative estimate of drug-likeness (QED) is 0.665. The molecule has 0 saturated carbocycles. The Hall–Kier alpha value is -1.40. The number of rotatable bonds is 6. The second-order valence-electron chi connectivity index (χ2n) is 2.71. The summed E-state index contributed by atoms with van der Waals surface area (Å²) in [6.45, 7) is 0.434. The van der Waals surface area contributed by atoms with E-state index < -0.39 is 12.0 Å². The van der Waals surface area contributed by atoms with Gasteiger partial charge in [-0.05, 0) is 0 Å². The van der Waals surface area contributed by atoms with Gasteiger partial charge in [-0.25, -0.2) is 0 Å². The molecule has 6 nitrogen and oxygen atoms in total. The third kappa shape index (κ3) is 3.15. The minimum absolute atomic E-state index is 0.115. The second kappa shape index (κ2) is 5.36. The van der Waals surface area contributed by atoms with E-state index in [4.69, 9.17) is 14.4 Å². The molecule has 0 bridgehead atoms. The molecular formula is C8H12N2O4. The van der Waals surface area contributed by atoms with Crippen LogP contribution in [0, 0.1) is 0 Å². The van der Waals surface area contributed by atoms with E-state index in [1.807, 2.05) is 0 Å². The number of hydrogen-bond donors (Lipinski definition) is 2. The number of nitrogens with zero attached hydrogens (tertiary/aromatic N) is 1. The maximum absolute atomic E-state index is 10.7. The number of ether oxygens (including phenoxy) is 1. The van der Waals surface area contributed by atoms with Crippen LogP contribution in [0.2, 0.25) is 0 Å². The van der Waals surface area contributed by atoms with Gasteiger partial charge < -0.3 is 14.4 Å². The number of carboxylic acid groups (broad SMARTS) is 1. The average molecular weight is 200 g/mol. The molecule has 0 aliphatic rings. The largest absolute Gasteiger partial charge is 0.480 e. The summed E-state index contributed by atoms with van der Waals surface area (Å²) in [5.74, 6) is -0.362. The molecule has 1 aromatic heterocycles. The fraction of sp³-hybridized carbons (Fsp3) is 0.500. The van der Waals surface area contributed by atoms with Crippen LogP contribution in [0.1, 0.15) is 5.76 Å². The summed E-state index contributed by atoms with van der Waals surface area (Å²) in [7, 11) is 1.45. The van der Waals surface area contributed by atoms with Gasteiger partial charge in [-0.1, -0.05) is 5.16 Å². The standard InChI is InChI=1S/C8H12N2O4/c1-13-5-7(8(11)12)9-4-6-2-3-10-14-6/h2-3,7,9H,4-5H2,1H3,(H,11,12). The van der Waals surface area contributed by atoms with Gasteiger partial charge in [0.2, 0.25) is 0 Å². The topological polar surface area (TPSA) is 84.6 Å². The van der Waals surface area contributed by atoms with Gasteiger partial charge in [-0.2, -0.15) is 0 Å². The SMILES string of the molecule is COCC(NCc1ccno1)C(=O)O. The molecule has 0 aromatic carbocycles. The van der Waals surface area contributed by atoms with Gasteiger partial charge in [0.25, 0.3) is 0 Å². The predicted molar refractivity (Wildman–Crippen MR) is 46.6 cm³/mol. The highest BCUT2D eigenvalue weighted by molar-refractivity contribution is 5.73. The summed E-state index contributed by atoms with van der Waals surface area (Å²) in [6.07, 6.45) is 1.50. The molecular weight excluding hydrogens is 188 g/mol. The van der Waals surface area contributed by atoms with Gasteiger partial charge in [0, 0.05) is 13.2 Å². The molecule has 0 aliphatic heterocycles. The molecule has 1 unspecified atom stereocenters. The van der Waals surface area contributed by atoms with E-state index >= 15 is 0 Å². The van der Waals surface area contributed by atoms with Gasteiger partial charge in [0.1, 0.15) is 11.8 Å². The average Bonchev–Trinajstić information content (AvgIpc) is 2.64. The number of nitrogens with one attached hydrogen (secondary N) is 1. The lowest BCUT2D eigenvalue weighted by Crippen LogP contribution is -2.39. The highest BCUT2D eigenvalue weighted by Gasteiger charge is 2.16. The number of carboxylic acids is 1. The van der Waals surface area contributed by atoms with E-state index in [0.717, 1.165) is 0 Å². The summed E-state index contributed by atoms with van der Waals surface area (Å²) >= 11 is 0. The number of aromatic nitrogens is 1. The molecule has 1 aromatic rings. The van der Waals surface area contributed by atoms with Gasteiger partial charge in [-0.3, -0.25) is 10.1 Å². The van der Waals surface area contributed by atoms with Crippen molar-refractivity contribution in [3.63, 3.8) is 0 Å². The molecule has 0 saturated heterocycles. The summed E-state index contributed by atoms with van der Waals surface area (Å²) in [4.78, 5) is 10.7. The van der Waals surface area contributed by atoms with Gasteiger partial charge in [0.15, 0.2) is 0 Å². The fourth-order valence-electron chi connectivity index (χ4n) is 0.941. The summed E-state index contributed by atoms with van der Waals surface area (Å²) < 4.78 is 9.54. The van der Waals surface area contributed by atoms with Crippen LogP contribution < -0.4 is 5.32 Å². The maximum atomic E-state index is 10.7. The molecule has 78 valence electrons. The van der Waals surface area contributed by atoms with Crippen LogP contribution in [0.3, 0.4) is 0 Å². The third-order valence-electron chi connectivity index (χ3n) is 1.65. The molecule has 0 amide bonds. The van der Waals surface area contributed by atoms with Crippen molar-refractivity contribution in [2.24, 2.45) is 0 Å². The first-order chi connectivity index (χ1) is 6.74. The van der Waals surface area contributed by atoms with Crippen LogP contribution in [-0.4, -0.2) is 36.0 Å². The lowest BCUT2D eigenvalue weighted by Gasteiger charge is -2.11. The third-order valence-corrected chi connectivity index (χ3v) is 1.65. The molecule has 0 fully saturated rings. The molecule has 1 atom stereocenters. The molecule has 0 radical (unpaired) electrons. The number of methoxy groups -OCH3 is 1. The number of carbonyl (C=O) groups is 1. The summed E-state index contributed by atoms with van der Waals surface area (Å²) in [5.41, 5.74) is 0. The Morgan fingerprint density at radius 1 is 1.86 bits per heavy atom. The first kappa shape index (κ1) is 10.7. The zero-order valence-corrected chi connectivity index (χ0v) is 7.77. The Kier molecular flexibility index (Phi) is 4.09. The zero-order valence-electron chi connectivity index (χ0n) is 7.77. The van der Waals surface area contributed by atoms with Crippen molar-refractivity contribution in [3.05, 3.63) is 18.0 Å². The maximum Gasteiger partial charge on any atom is 0.323 e. The Morgan fingerprint density at radius 2 is 2.64 bits per heavy atom. The van der Waals surface area contributed by atoms with Crippen molar-refractivity contribution in [2.45, 2.75) is 12.6 Å². The molecule has 14 heavy (non-hydrogen) atoms. The van der Waals surface area contributed by atoms with Crippen LogP contribution in [-0.2, 0) is 16.1 Å². The van der Waals surface area contributed by atoms with Gasteiger partial charge in [0.05, 0.1) is 19.3 Å². The minimum Gasteiger partial charge on any atom is -0.480 e. The van der Waals surface area contributed by atoms with Crippen LogP contribution in [0.4, 0.5) is 0 Å². The fourth-order valence-corrected chi connectivity index (χ4v) is 0.941. The number of aliphatic carboxylic acids is 1. The van der Waals surface area contributed by atoms with Crippen LogP contribution in [0.15, 0.2) is 16.8 Å². The Balaban J connectivity index is 2.37. The van der Waals surface area contributed by atoms with Crippen molar-refractivity contribution in [1.82, 2.24) is 10.5 Å². The van der Waals surface area contributed by atoms with Crippen molar-refractivity contribution < 1.29 is 19.2 Å². The molecule has 2 N–H and O–H groups in total. The van der Waals surface area contributed by atoms with Crippen LogP contribution in [0.25, 0.3) is 0 Å². The molecule has 1 rings (SSSR count). The van der Waals surface area contributed by atoms with Gasteiger partial charge in [-0.15, -0.1) is 0 Å². The van der Waals surface area contributed by atoms with E-state index in [2.05, 4.69) is 10.5 Å². The number of hydrogen-bond acceptors (Lipinski definition) is 5. The van der Waals surface area contributed by atoms with Crippen LogP contribution in [0.5, 0.6) is 0 Å². The normalized spacial score (nSPS) is 12.6. The van der Waals surface area contributed by atoms with Crippen molar-refractivity contribution in [2.75, 3.05) is 13.7 Å². The lowest BCUT2D eigenvalue weighted by atomic mass is 10.3. The summed E-state index contributed by atoms with van der Waals surface area (Å²) in [6, 6.07) is 0.934. The Labute approximate surface area is 80.8 Å². The lowest BCUT2D eigenvalue weighted by molar-refractivity contribution is -0.140. The van der Waals surface area contributed by atoms with Crippen molar-refractivity contribution in [1.29, 1.82) is 0 Å². The van der Waals surface area contributed by atoms with E-state index in [9.17, 15) is 4.79 Å². The van der Waals surface area contributed by atoms with Crippen LogP contribution >= 0.6 is 0 Å². The van der Waals surface area contributed by atoms with Crippen molar-refractivity contribution in [3.8, 4) is 0 Å². The first-order valence-corrected chi connectivity index (χ1v) is 4.08. The molecule has 0 aliphatic carbocycles. The predicted octanol–water partition coefficient (Wildman–Crippen LogP) is -0.136. The van der Waals surface area contributed by atoms with Crippen molar-refractivity contribution >= 4 is 5.97 Å². The molecule has 6 heteroatoms. The Morgan fingerprint density at radius 3 is 3.14 bits per heavy atom. The highest BCUT2D eigenvalue weighted by Crippen LogP contribution is 1.96. The Bertz CT molecular complexity index is 273. The highest BCUT2D eigenvalue weighted by atomic mass is 16.5. The van der Waals surface area contributed by atoms with E-state index in [1.165, 1.54) is 13.3 Å². The monoisotopic (exact) mass is 200 g/mol. The van der Waals surface area contributed by atoms with E-state index in [0.29, 0.717) is 12.3 Å². The minimum atomic E-state index is -0.952. The second-order valence-corrected chi connectivity index (χ2v) is 2.71. The summed E-state index contributed by atoms with van der Waals surface area (Å²) in [5, 5.41) is 15.0. The first-order valence-electron chi connectivity index (χ1n) is 4.08. The molecule has 0 spiro atoms. The smallest absolute Gasteiger partial charge is 0.323 e. The van der Waals surface area contributed by atoms with E-state index in [1.54, 1.807) is 6.07 Å². The van der Waals surface area contributed by atoms with Gasteiger partial charge >= 0.3 is 5.97 Å².